The summed E-state index contributed by atoms with van der Waals surface area (Å²) in [6.45, 7) is 29.7. The van der Waals surface area contributed by atoms with Crippen molar-refractivity contribution < 1.29 is 105 Å². The number of carbonyl (C=O) groups excluding carboxylic acids is 15. The van der Waals surface area contributed by atoms with E-state index in [1.807, 2.05) is 180 Å². The Balaban J connectivity index is 0.000000397. The van der Waals surface area contributed by atoms with Gasteiger partial charge < -0.3 is 50.4 Å². The minimum atomic E-state index is -0.669. The molecule has 19 rings (SSSR count). The van der Waals surface area contributed by atoms with Crippen LogP contribution in [0.15, 0.2) is 255 Å². The first-order chi connectivity index (χ1) is 66.0. The van der Waals surface area contributed by atoms with E-state index >= 15 is 0 Å². The molecule has 136 heavy (non-hydrogen) atoms. The quantitative estimate of drug-likeness (QED) is 0.0368. The van der Waals surface area contributed by atoms with Gasteiger partial charge in [0.15, 0.2) is 0 Å². The Bertz CT molecular complexity index is 6060. The van der Waals surface area contributed by atoms with Crippen LogP contribution in [0.3, 0.4) is 0 Å². The molecule has 700 valence electrons. The van der Waals surface area contributed by atoms with Crippen LogP contribution in [0.4, 0.5) is 11.4 Å². The zero-order chi connectivity index (χ0) is 102. The van der Waals surface area contributed by atoms with Gasteiger partial charge in [0.05, 0.1) is 73.3 Å². The van der Waals surface area contributed by atoms with Crippen molar-refractivity contribution in [2.45, 2.75) is 96.4 Å². The van der Waals surface area contributed by atoms with Gasteiger partial charge in [-0.1, -0.05) is 216 Å². The molecule has 2 bridgehead atoms. The molecule has 0 spiro atoms. The molecule has 4 unspecified atom stereocenters. The van der Waals surface area contributed by atoms with Crippen molar-refractivity contribution in [3.8, 4) is 66.0 Å². The second kappa shape index (κ2) is 60.0. The zero-order valence-electron chi connectivity index (χ0n) is 78.4. The summed E-state index contributed by atoms with van der Waals surface area (Å²) < 4.78 is 31.9. The molecule has 0 aromatic heterocycles. The van der Waals surface area contributed by atoms with Crippen molar-refractivity contribution in [2.24, 2.45) is 40.9 Å². The lowest BCUT2D eigenvalue weighted by Gasteiger charge is -2.16. The topological polar surface area (TPSA) is 405 Å². The van der Waals surface area contributed by atoms with Crippen LogP contribution >= 0.6 is 0 Å². The summed E-state index contributed by atoms with van der Waals surface area (Å²) in [6.07, 6.45) is 20.1. The van der Waals surface area contributed by atoms with Crippen LogP contribution in [0.5, 0.6) is 5.75 Å². The molecule has 6 N–H and O–H groups in total. The van der Waals surface area contributed by atoms with E-state index in [2.05, 4.69) is 107 Å². The number of ether oxygens (including phenoxy) is 7. The lowest BCUT2D eigenvalue weighted by atomic mass is 9.85. The molecular formula is C109H107N5O22. The van der Waals surface area contributed by atoms with Crippen molar-refractivity contribution in [1.29, 1.82) is 0 Å². The predicted octanol–water partition coefficient (Wildman–Crippen LogP) is 16.6. The maximum absolute atomic E-state index is 12.5. The zero-order valence-corrected chi connectivity index (χ0v) is 78.4. The number of esters is 11. The number of terminal acetylenes is 2. The number of hydrogen-bond donors (Lipinski definition) is 3. The maximum atomic E-state index is 12.5. The first kappa shape index (κ1) is 113. The Morgan fingerprint density at radius 3 is 0.949 bits per heavy atom. The van der Waals surface area contributed by atoms with Crippen LogP contribution in [-0.4, -0.2) is 117 Å². The lowest BCUT2D eigenvalue weighted by Crippen LogP contribution is -2.32. The molecule has 4 atom stereocenters. The molecule has 27 heteroatoms. The van der Waals surface area contributed by atoms with Crippen molar-refractivity contribution in [3.05, 3.63) is 344 Å². The molecule has 27 nitrogen and oxygen atoms in total. The fourth-order valence-corrected chi connectivity index (χ4v) is 12.8. The van der Waals surface area contributed by atoms with Gasteiger partial charge in [-0.2, -0.15) is 0 Å². The third kappa shape index (κ3) is 30.8. The number of fused-ring (bicyclic) bond motifs is 10. The summed E-state index contributed by atoms with van der Waals surface area (Å²) in [4.78, 5) is 171. The number of imide groups is 2. The molecule has 1 saturated heterocycles. The summed E-state index contributed by atoms with van der Waals surface area (Å²) in [5, 5.41) is 0. The van der Waals surface area contributed by atoms with Crippen LogP contribution in [0.25, 0.3) is 5.76 Å². The normalized spacial score (nSPS) is 15.2. The molecule has 9 aromatic rings. The largest absolute Gasteiger partial charge is 0.481 e. The van der Waals surface area contributed by atoms with E-state index in [1.165, 1.54) is 62.5 Å². The lowest BCUT2D eigenvalue weighted by molar-refractivity contribution is -0.150. The van der Waals surface area contributed by atoms with Crippen LogP contribution in [0, 0.1) is 83.9 Å². The number of amides is 4. The second-order valence-corrected chi connectivity index (χ2v) is 25.6. The van der Waals surface area contributed by atoms with Crippen molar-refractivity contribution >= 4 is 106 Å². The Labute approximate surface area is 792 Å². The number of benzene rings is 9. The van der Waals surface area contributed by atoms with E-state index in [-0.39, 0.29) is 75.1 Å². The monoisotopic (exact) mass is 1840 g/mol. The standard InChI is InChI=1S/C19H8O5.C16H8O3.C15H13NO2.C11H6O3.C10H7NO2.C10H4O3.C9H8O.C4H2O3.6C2H6.3CH5N/c1-10-13-6-4-11(8-15(13)18(21)23-10)2-3-12-5-7-14-16(9-12)19(22)24-17(14)20;17-15-13-9-8-12(10-14(13)16(18)19-15)7-6-11-4-2-1-3-5-11;17-14-12-9-6-7-10(8-9)13(12)15(18)16(14)11-4-2-1-3-5-11;1-2-3-7-4-5-8-9(6-7)11(13)14-10(8)12;12-9-6-7-10(13)11(9)8-4-2-1-3-5-8;1-2-6-3-4-7-8(5-6)10(12)13-9(7)11;1-2-8-10-9-6-4-3-5-7-9;5-3-1-2-4(6)7-3;9*1-2/h4-9H,1H2;1-5,8-10H;1-7,9-10,12-13H,8H2;4-6H,1H3;1-7H;1,3-5H;1,3-7H,8H2;1-2H;6*1-2H3;3*2H2,1H3. The average Bonchev–Trinajstić information content (AvgIpc) is 1.56. The van der Waals surface area contributed by atoms with Gasteiger partial charge in [0.2, 0.25) is 11.8 Å². The van der Waals surface area contributed by atoms with Gasteiger partial charge in [-0.25, -0.2) is 57.6 Å². The highest BCUT2D eigenvalue weighted by Gasteiger charge is 2.59. The maximum Gasteiger partial charge on any atom is 0.346 e. The summed E-state index contributed by atoms with van der Waals surface area (Å²) in [6, 6.07) is 61.1. The number of allylic oxidation sites excluding steroid dienone is 2. The molecule has 10 aliphatic rings. The number of rotatable bonds is 4. The van der Waals surface area contributed by atoms with Gasteiger partial charge in [-0.15, -0.1) is 18.8 Å². The van der Waals surface area contributed by atoms with E-state index in [0.29, 0.717) is 79.4 Å². The fourth-order valence-electron chi connectivity index (χ4n) is 12.8. The summed E-state index contributed by atoms with van der Waals surface area (Å²) >= 11 is 0. The molecule has 2 aliphatic carbocycles. The highest BCUT2D eigenvalue weighted by molar-refractivity contribution is 6.28. The fraction of sp³-hybridized carbons (Fsp3) is 0.202. The molecular weight excluding hydrogens is 1730 g/mol. The smallest absolute Gasteiger partial charge is 0.346 e. The van der Waals surface area contributed by atoms with Gasteiger partial charge >= 0.3 is 65.7 Å². The molecule has 1 saturated carbocycles. The molecule has 4 amide bonds. The minimum Gasteiger partial charge on any atom is -0.481 e. The number of carbonyl (C=O) groups is 15. The highest BCUT2D eigenvalue weighted by Crippen LogP contribution is 2.53. The molecule has 2 fully saturated rings. The van der Waals surface area contributed by atoms with E-state index in [0.717, 1.165) is 34.8 Å². The van der Waals surface area contributed by atoms with Crippen molar-refractivity contribution in [3.63, 3.8) is 0 Å². The molecule has 8 aliphatic heterocycles. The van der Waals surface area contributed by atoms with Crippen LogP contribution in [-0.2, 0) is 57.2 Å². The Morgan fingerprint density at radius 1 is 0.331 bits per heavy atom. The first-order valence-corrected chi connectivity index (χ1v) is 43.2. The van der Waals surface area contributed by atoms with Gasteiger partial charge in [-0.05, 0) is 186 Å². The summed E-state index contributed by atoms with van der Waals surface area (Å²) in [5.74, 6) is 16.4. The van der Waals surface area contributed by atoms with Gasteiger partial charge in [0.25, 0.3) is 11.8 Å². The highest BCUT2D eigenvalue weighted by atomic mass is 16.6. The molecule has 0 radical (unpaired) electrons. The number of nitrogens with zero attached hydrogens (tertiary/aromatic N) is 2. The molecule has 8 heterocycles. The number of cyclic esters (lactones) is 11. The number of hydrogen-bond acceptors (Lipinski definition) is 25. The third-order valence-corrected chi connectivity index (χ3v) is 18.2. The number of para-hydroxylation sites is 3. The van der Waals surface area contributed by atoms with Crippen LogP contribution in [0.1, 0.15) is 229 Å². The van der Waals surface area contributed by atoms with Crippen LogP contribution < -0.4 is 31.7 Å². The van der Waals surface area contributed by atoms with E-state index < -0.39 is 65.7 Å². The Hall–Kier alpha value is -17.1. The second-order valence-electron chi connectivity index (χ2n) is 25.6. The van der Waals surface area contributed by atoms with Gasteiger partial charge in [0, 0.05) is 63.2 Å². The van der Waals surface area contributed by atoms with E-state index in [9.17, 15) is 71.9 Å². The van der Waals surface area contributed by atoms with E-state index in [4.69, 9.17) is 22.3 Å². The SMILES string of the molecule is C#CCOc1ccccc1.C#Cc1ccc2c(c1)C(=O)OC2=O.C=C1OC(=O)c2cc(C#Cc3ccc4c(c3)C(=O)OC4=O)ccc21.CC.CC.CC.CC.CC.CC.CC#Cc1ccc2c(c1)C(=O)OC2=O.CN.CN.CN.O=C1C2C3C=CC(C3)C2C(=O)N1c1ccccc1.O=C1C=CC(=O)N1c1ccccc1.O=C1C=CC(=O)O1.O=C1OC(=O)c2cc(C#Cc3ccccc3)ccc21. The van der Waals surface area contributed by atoms with Crippen molar-refractivity contribution in [2.75, 3.05) is 37.5 Å². The minimum absolute atomic E-state index is 0.00644. The third-order valence-electron chi connectivity index (χ3n) is 18.2. The van der Waals surface area contributed by atoms with Gasteiger partial charge in [0.1, 0.15) is 18.1 Å². The van der Waals surface area contributed by atoms with E-state index in [1.54, 1.807) is 97.9 Å². The van der Waals surface area contributed by atoms with Crippen LogP contribution in [0.2, 0.25) is 0 Å². The number of nitrogens with two attached hydrogens (primary N) is 3. The predicted molar refractivity (Wildman–Crippen MR) is 519 cm³/mol. The average molecular weight is 1840 g/mol. The van der Waals surface area contributed by atoms with Gasteiger partial charge in [-0.3, -0.25) is 24.1 Å². The Kier molecular flexibility index (Phi) is 49.8. The summed E-state index contributed by atoms with van der Waals surface area (Å²) in [7, 11) is 4.50. The first-order valence-electron chi connectivity index (χ1n) is 43.2. The van der Waals surface area contributed by atoms with Crippen molar-refractivity contribution in [1.82, 2.24) is 0 Å². The summed E-state index contributed by atoms with van der Waals surface area (Å²) in [5.41, 5.74) is 22.1. The number of anilines is 2. The molecule has 9 aromatic carbocycles. The Morgan fingerprint density at radius 2 is 0.618 bits per heavy atom.